The van der Waals surface area contributed by atoms with Gasteiger partial charge in [-0.2, -0.15) is 10.4 Å². The minimum absolute atomic E-state index is 0.0459. The lowest BCUT2D eigenvalue weighted by atomic mass is 10.2. The van der Waals surface area contributed by atoms with Gasteiger partial charge in [-0.25, -0.2) is 9.37 Å². The van der Waals surface area contributed by atoms with Gasteiger partial charge in [-0.1, -0.05) is 35.3 Å². The number of hydrogen-bond donors (Lipinski definition) is 1. The van der Waals surface area contributed by atoms with E-state index in [2.05, 4.69) is 15.5 Å². The SMILES string of the molecule is N#CC(=NNc1ccccc1F)c1nc(-c2ccc(Cl)cc2Cl)cs1. The second-order valence-electron chi connectivity index (χ2n) is 4.83. The molecule has 1 aromatic heterocycles. The highest BCUT2D eigenvalue weighted by atomic mass is 35.5. The number of hydrazone groups is 1. The molecule has 0 fully saturated rings. The number of nitrogens with one attached hydrogen (secondary N) is 1. The van der Waals surface area contributed by atoms with Gasteiger partial charge in [-0.3, -0.25) is 5.43 Å². The summed E-state index contributed by atoms with van der Waals surface area (Å²) in [6.45, 7) is 0. The summed E-state index contributed by atoms with van der Waals surface area (Å²) in [5.41, 5.74) is 4.07. The monoisotopic (exact) mass is 390 g/mol. The predicted octanol–water partition coefficient (Wildman–Crippen LogP) is 5.60. The van der Waals surface area contributed by atoms with Gasteiger partial charge in [0.15, 0.2) is 10.7 Å². The van der Waals surface area contributed by atoms with Crippen LogP contribution in [0.4, 0.5) is 10.1 Å². The van der Waals surface area contributed by atoms with Gasteiger partial charge < -0.3 is 0 Å². The zero-order chi connectivity index (χ0) is 17.8. The van der Waals surface area contributed by atoms with Crippen LogP contribution in [-0.4, -0.2) is 10.7 Å². The van der Waals surface area contributed by atoms with Gasteiger partial charge in [0, 0.05) is 16.0 Å². The number of benzene rings is 2. The number of thiazole rings is 1. The lowest BCUT2D eigenvalue weighted by Crippen LogP contribution is -2.02. The molecule has 124 valence electrons. The van der Waals surface area contributed by atoms with Gasteiger partial charge in [-0.05, 0) is 30.3 Å². The molecule has 0 aliphatic heterocycles. The molecule has 0 atom stereocenters. The molecule has 0 saturated heterocycles. The van der Waals surface area contributed by atoms with Gasteiger partial charge >= 0.3 is 0 Å². The molecule has 0 amide bonds. The standard InChI is InChI=1S/C17H9Cl2FN4S/c18-10-5-6-11(12(19)7-10)16-9-25-17(22-16)15(8-21)24-23-14-4-2-1-3-13(14)20/h1-7,9,23H. The Kier molecular flexibility index (Phi) is 5.29. The van der Waals surface area contributed by atoms with Crippen molar-refractivity contribution in [2.45, 2.75) is 0 Å². The molecule has 2 aromatic carbocycles. The molecule has 0 aliphatic rings. The summed E-state index contributed by atoms with van der Waals surface area (Å²) in [4.78, 5) is 4.38. The van der Waals surface area contributed by atoms with Crippen molar-refractivity contribution in [3.63, 3.8) is 0 Å². The Balaban J connectivity index is 1.88. The van der Waals surface area contributed by atoms with Crippen LogP contribution in [0.25, 0.3) is 11.3 Å². The fourth-order valence-corrected chi connectivity index (χ4v) is 3.25. The molecule has 0 saturated carbocycles. The summed E-state index contributed by atoms with van der Waals surface area (Å²) < 4.78 is 13.6. The van der Waals surface area contributed by atoms with Crippen LogP contribution in [0.1, 0.15) is 5.01 Å². The molecular weight excluding hydrogens is 382 g/mol. The number of anilines is 1. The van der Waals surface area contributed by atoms with E-state index in [1.807, 2.05) is 6.07 Å². The number of hydrogen-bond acceptors (Lipinski definition) is 5. The number of nitrogens with zero attached hydrogens (tertiary/aromatic N) is 3. The molecule has 0 unspecified atom stereocenters. The molecule has 3 aromatic rings. The first kappa shape index (κ1) is 17.4. The average molecular weight is 391 g/mol. The molecule has 4 nitrogen and oxygen atoms in total. The van der Waals surface area contributed by atoms with Crippen molar-refractivity contribution in [3.8, 4) is 17.3 Å². The minimum Gasteiger partial charge on any atom is -0.274 e. The predicted molar refractivity (Wildman–Crippen MR) is 99.7 cm³/mol. The number of para-hydroxylation sites is 1. The van der Waals surface area contributed by atoms with E-state index in [1.165, 1.54) is 23.5 Å². The first-order chi connectivity index (χ1) is 12.1. The van der Waals surface area contributed by atoms with Crippen LogP contribution in [0.15, 0.2) is 52.9 Å². The number of rotatable bonds is 4. The van der Waals surface area contributed by atoms with Crippen LogP contribution in [0.5, 0.6) is 0 Å². The van der Waals surface area contributed by atoms with Crippen LogP contribution < -0.4 is 5.43 Å². The highest BCUT2D eigenvalue weighted by molar-refractivity contribution is 7.12. The van der Waals surface area contributed by atoms with Crippen molar-refractivity contribution >= 4 is 45.9 Å². The summed E-state index contributed by atoms with van der Waals surface area (Å²) in [7, 11) is 0. The third-order valence-corrected chi connectivity index (χ3v) is 4.58. The topological polar surface area (TPSA) is 61.1 Å². The van der Waals surface area contributed by atoms with E-state index in [-0.39, 0.29) is 11.4 Å². The van der Waals surface area contributed by atoms with Crippen LogP contribution in [-0.2, 0) is 0 Å². The van der Waals surface area contributed by atoms with Crippen LogP contribution >= 0.6 is 34.5 Å². The Bertz CT molecular complexity index is 994. The quantitative estimate of drug-likeness (QED) is 0.466. The van der Waals surface area contributed by atoms with E-state index >= 15 is 0 Å². The molecule has 0 radical (unpaired) electrons. The summed E-state index contributed by atoms with van der Waals surface area (Å²) >= 11 is 13.3. The van der Waals surface area contributed by atoms with Crippen molar-refractivity contribution < 1.29 is 4.39 Å². The van der Waals surface area contributed by atoms with Crippen molar-refractivity contribution in [2.24, 2.45) is 5.10 Å². The Morgan fingerprint density at radius 3 is 2.76 bits per heavy atom. The molecule has 25 heavy (non-hydrogen) atoms. The van der Waals surface area contributed by atoms with Gasteiger partial charge in [0.05, 0.1) is 16.4 Å². The molecule has 1 N–H and O–H groups in total. The maximum atomic E-state index is 13.6. The minimum atomic E-state index is -0.462. The molecular formula is C17H9Cl2FN4S. The summed E-state index contributed by atoms with van der Waals surface area (Å²) in [5, 5.41) is 16.4. The second-order valence-corrected chi connectivity index (χ2v) is 6.53. The first-order valence-corrected chi connectivity index (χ1v) is 8.61. The summed E-state index contributed by atoms with van der Waals surface area (Å²) in [6.07, 6.45) is 0. The largest absolute Gasteiger partial charge is 0.274 e. The maximum Gasteiger partial charge on any atom is 0.196 e. The van der Waals surface area contributed by atoms with Crippen molar-refractivity contribution in [1.29, 1.82) is 5.26 Å². The Labute approximate surface area is 157 Å². The number of halogens is 3. The number of aromatic nitrogens is 1. The lowest BCUT2D eigenvalue weighted by molar-refractivity contribution is 0.630. The molecule has 0 bridgehead atoms. The molecule has 0 spiro atoms. The fraction of sp³-hybridized carbons (Fsp3) is 0. The molecule has 1 heterocycles. The zero-order valence-electron chi connectivity index (χ0n) is 12.5. The Morgan fingerprint density at radius 2 is 2.04 bits per heavy atom. The van der Waals surface area contributed by atoms with E-state index in [0.717, 1.165) is 0 Å². The fourth-order valence-electron chi connectivity index (χ4n) is 1.99. The number of nitriles is 1. The zero-order valence-corrected chi connectivity index (χ0v) is 14.8. The highest BCUT2D eigenvalue weighted by Gasteiger charge is 2.13. The first-order valence-electron chi connectivity index (χ1n) is 6.98. The highest BCUT2D eigenvalue weighted by Crippen LogP contribution is 2.31. The van der Waals surface area contributed by atoms with E-state index in [9.17, 15) is 9.65 Å². The Hall–Kier alpha value is -2.46. The second kappa shape index (κ2) is 7.62. The van der Waals surface area contributed by atoms with Gasteiger partial charge in [0.25, 0.3) is 0 Å². The third-order valence-electron chi connectivity index (χ3n) is 3.18. The van der Waals surface area contributed by atoms with Crippen molar-refractivity contribution in [1.82, 2.24) is 4.98 Å². The average Bonchev–Trinajstić information content (AvgIpc) is 3.06. The van der Waals surface area contributed by atoms with Gasteiger partial charge in [0.2, 0.25) is 0 Å². The van der Waals surface area contributed by atoms with E-state index in [1.54, 1.807) is 35.7 Å². The van der Waals surface area contributed by atoms with E-state index in [0.29, 0.717) is 26.3 Å². The molecule has 3 rings (SSSR count). The normalized spacial score (nSPS) is 11.2. The third kappa shape index (κ3) is 3.97. The molecule has 0 aliphatic carbocycles. The summed E-state index contributed by atoms with van der Waals surface area (Å²) in [6, 6.07) is 13.1. The Morgan fingerprint density at radius 1 is 1.24 bits per heavy atom. The smallest absolute Gasteiger partial charge is 0.196 e. The molecule has 8 heteroatoms. The summed E-state index contributed by atoms with van der Waals surface area (Å²) in [5.74, 6) is -0.462. The van der Waals surface area contributed by atoms with Crippen molar-refractivity contribution in [3.05, 3.63) is 68.7 Å². The van der Waals surface area contributed by atoms with Crippen LogP contribution in [0.3, 0.4) is 0 Å². The van der Waals surface area contributed by atoms with Crippen LogP contribution in [0.2, 0.25) is 10.0 Å². The van der Waals surface area contributed by atoms with E-state index < -0.39 is 5.82 Å². The lowest BCUT2D eigenvalue weighted by Gasteiger charge is -2.02. The van der Waals surface area contributed by atoms with E-state index in [4.69, 9.17) is 23.2 Å². The van der Waals surface area contributed by atoms with Gasteiger partial charge in [0.1, 0.15) is 11.9 Å². The van der Waals surface area contributed by atoms with Crippen LogP contribution in [0, 0.1) is 17.1 Å². The van der Waals surface area contributed by atoms with Crippen molar-refractivity contribution in [2.75, 3.05) is 5.43 Å². The van der Waals surface area contributed by atoms with Gasteiger partial charge in [-0.15, -0.1) is 11.3 Å². The maximum absolute atomic E-state index is 13.6.